The molecule has 9 heteroatoms. The van der Waals surface area contributed by atoms with Crippen molar-refractivity contribution >= 4 is 5.91 Å². The zero-order valence-corrected chi connectivity index (χ0v) is 18.5. The first-order valence-electron chi connectivity index (χ1n) is 11.0. The summed E-state index contributed by atoms with van der Waals surface area (Å²) >= 11 is 0. The number of carbonyl (C=O) groups excluding carboxylic acids is 1. The van der Waals surface area contributed by atoms with E-state index in [0.29, 0.717) is 17.2 Å². The van der Waals surface area contributed by atoms with Crippen LogP contribution in [0, 0.1) is 12.8 Å². The van der Waals surface area contributed by atoms with E-state index in [1.165, 1.54) is 12.8 Å². The highest BCUT2D eigenvalue weighted by atomic mass is 16.1. The van der Waals surface area contributed by atoms with Crippen LogP contribution in [0.15, 0.2) is 55.1 Å². The molecule has 1 saturated carbocycles. The van der Waals surface area contributed by atoms with Crippen molar-refractivity contribution in [1.82, 2.24) is 40.5 Å². The van der Waals surface area contributed by atoms with Crippen LogP contribution in [0.4, 0.5) is 0 Å². The summed E-state index contributed by atoms with van der Waals surface area (Å²) in [6, 6.07) is 9.26. The number of aromatic nitrogens is 7. The Kier molecular flexibility index (Phi) is 5.60. The summed E-state index contributed by atoms with van der Waals surface area (Å²) in [6.45, 7) is 3.87. The van der Waals surface area contributed by atoms with Crippen LogP contribution >= 0.6 is 0 Å². The molecule has 1 fully saturated rings. The van der Waals surface area contributed by atoms with E-state index in [1.807, 2.05) is 50.4 Å². The minimum absolute atomic E-state index is 0.222. The summed E-state index contributed by atoms with van der Waals surface area (Å²) in [6.07, 6.45) is 9.90. The van der Waals surface area contributed by atoms with E-state index in [-0.39, 0.29) is 11.9 Å². The maximum absolute atomic E-state index is 13.2. The van der Waals surface area contributed by atoms with Crippen molar-refractivity contribution in [3.8, 4) is 16.9 Å². The van der Waals surface area contributed by atoms with Gasteiger partial charge in [0.05, 0.1) is 29.3 Å². The molecule has 5 rings (SSSR count). The molecule has 1 amide bonds. The number of benzene rings is 1. The first-order chi connectivity index (χ1) is 16.1. The molecule has 1 unspecified atom stereocenters. The number of pyridine rings is 1. The topological polar surface area (TPSA) is 111 Å². The normalized spacial score (nSPS) is 14.1. The van der Waals surface area contributed by atoms with E-state index in [1.54, 1.807) is 23.3 Å². The van der Waals surface area contributed by atoms with Crippen molar-refractivity contribution in [2.45, 2.75) is 39.2 Å². The first kappa shape index (κ1) is 20.9. The number of amides is 1. The van der Waals surface area contributed by atoms with Gasteiger partial charge in [0, 0.05) is 36.1 Å². The Morgan fingerprint density at radius 1 is 1.15 bits per heavy atom. The third-order valence-electron chi connectivity index (χ3n) is 5.71. The molecular formula is C24H24N8O. The maximum atomic E-state index is 13.2. The van der Waals surface area contributed by atoms with Gasteiger partial charge in [-0.3, -0.25) is 19.7 Å². The second-order valence-electron chi connectivity index (χ2n) is 8.47. The van der Waals surface area contributed by atoms with Crippen LogP contribution < -0.4 is 5.32 Å². The molecule has 9 nitrogen and oxygen atoms in total. The van der Waals surface area contributed by atoms with Crippen LogP contribution in [-0.2, 0) is 6.42 Å². The van der Waals surface area contributed by atoms with Crippen LogP contribution in [-0.4, -0.2) is 41.1 Å². The van der Waals surface area contributed by atoms with E-state index < -0.39 is 0 Å². The van der Waals surface area contributed by atoms with Gasteiger partial charge >= 0.3 is 0 Å². The Labute approximate surface area is 191 Å². The fourth-order valence-corrected chi connectivity index (χ4v) is 3.65. The lowest BCUT2D eigenvalue weighted by atomic mass is 10.0. The van der Waals surface area contributed by atoms with Crippen LogP contribution in [0.25, 0.3) is 16.9 Å². The lowest BCUT2D eigenvalue weighted by Crippen LogP contribution is -2.27. The molecule has 1 aliphatic carbocycles. The molecule has 0 radical (unpaired) electrons. The number of nitrogens with one attached hydrogen (secondary N) is 1. The summed E-state index contributed by atoms with van der Waals surface area (Å²) < 4.78 is 1.72. The van der Waals surface area contributed by atoms with Crippen molar-refractivity contribution in [1.29, 1.82) is 0 Å². The lowest BCUT2D eigenvalue weighted by molar-refractivity contribution is 0.0939. The van der Waals surface area contributed by atoms with Gasteiger partial charge in [-0.15, -0.1) is 5.10 Å². The van der Waals surface area contributed by atoms with Gasteiger partial charge < -0.3 is 5.32 Å². The predicted octanol–water partition coefficient (Wildman–Crippen LogP) is 3.27. The number of aryl methyl sites for hydroxylation is 1. The molecule has 3 heterocycles. The van der Waals surface area contributed by atoms with E-state index in [2.05, 4.69) is 35.8 Å². The minimum Gasteiger partial charge on any atom is -0.344 e. The minimum atomic E-state index is -0.297. The molecule has 166 valence electrons. The Morgan fingerprint density at radius 2 is 2.03 bits per heavy atom. The zero-order valence-electron chi connectivity index (χ0n) is 18.5. The van der Waals surface area contributed by atoms with Gasteiger partial charge in [0.15, 0.2) is 5.82 Å². The largest absolute Gasteiger partial charge is 0.344 e. The van der Waals surface area contributed by atoms with Gasteiger partial charge in [-0.05, 0) is 72.9 Å². The summed E-state index contributed by atoms with van der Waals surface area (Å²) in [7, 11) is 0. The number of hydrogen-bond donors (Lipinski definition) is 1. The average Bonchev–Trinajstić information content (AvgIpc) is 3.54. The van der Waals surface area contributed by atoms with Crippen molar-refractivity contribution in [3.05, 3.63) is 77.8 Å². The van der Waals surface area contributed by atoms with E-state index in [4.69, 9.17) is 0 Å². The standard InChI is InChI=1S/C24H24N8O/c1-15-3-6-21(27-13-15)18-10-19(24(33)28-16(2)22-14-25-7-8-26-22)12-20(11-18)32-23(29-30-31-32)9-17-4-5-17/h3,6-8,10-14,16-17H,4-5,9H2,1-2H3,(H,28,33). The second-order valence-corrected chi connectivity index (χ2v) is 8.47. The Balaban J connectivity index is 1.52. The van der Waals surface area contributed by atoms with Gasteiger partial charge in [-0.25, -0.2) is 0 Å². The molecule has 0 spiro atoms. The average molecular weight is 441 g/mol. The van der Waals surface area contributed by atoms with Crippen molar-refractivity contribution in [3.63, 3.8) is 0 Å². The molecular weight excluding hydrogens is 416 g/mol. The third kappa shape index (κ3) is 4.77. The molecule has 3 aromatic heterocycles. The van der Waals surface area contributed by atoms with Gasteiger partial charge in [-0.2, -0.15) is 4.68 Å². The summed E-state index contributed by atoms with van der Waals surface area (Å²) in [4.78, 5) is 26.1. The lowest BCUT2D eigenvalue weighted by Gasteiger charge is -2.15. The number of carbonyl (C=O) groups is 1. The molecule has 4 aromatic rings. The van der Waals surface area contributed by atoms with Crippen LogP contribution in [0.5, 0.6) is 0 Å². The number of hydrogen-bond acceptors (Lipinski definition) is 7. The highest BCUT2D eigenvalue weighted by Gasteiger charge is 2.25. The Bertz CT molecular complexity index is 1270. The second kappa shape index (κ2) is 8.85. The fourth-order valence-electron chi connectivity index (χ4n) is 3.65. The highest BCUT2D eigenvalue weighted by Crippen LogP contribution is 2.32. The van der Waals surface area contributed by atoms with E-state index in [9.17, 15) is 4.79 Å². The summed E-state index contributed by atoms with van der Waals surface area (Å²) in [5, 5.41) is 15.3. The predicted molar refractivity (Wildman–Crippen MR) is 121 cm³/mol. The highest BCUT2D eigenvalue weighted by molar-refractivity contribution is 5.96. The van der Waals surface area contributed by atoms with Crippen LogP contribution in [0.1, 0.15) is 53.2 Å². The molecule has 0 aliphatic heterocycles. The first-order valence-corrected chi connectivity index (χ1v) is 11.0. The number of tetrazole rings is 1. The zero-order chi connectivity index (χ0) is 22.8. The maximum Gasteiger partial charge on any atom is 0.251 e. The molecule has 33 heavy (non-hydrogen) atoms. The van der Waals surface area contributed by atoms with Gasteiger partial charge in [0.25, 0.3) is 5.91 Å². The Hall–Kier alpha value is -4.01. The van der Waals surface area contributed by atoms with Crippen molar-refractivity contribution in [2.24, 2.45) is 5.92 Å². The van der Waals surface area contributed by atoms with Crippen LogP contribution in [0.3, 0.4) is 0 Å². The van der Waals surface area contributed by atoms with Crippen molar-refractivity contribution < 1.29 is 4.79 Å². The number of nitrogens with zero attached hydrogens (tertiary/aromatic N) is 7. The SMILES string of the molecule is Cc1ccc(-c2cc(C(=O)NC(C)c3cnccn3)cc(-n3nnnc3CC3CC3)c2)nc1. The van der Waals surface area contributed by atoms with Gasteiger partial charge in [-0.1, -0.05) is 6.07 Å². The summed E-state index contributed by atoms with van der Waals surface area (Å²) in [5.41, 5.74) is 4.57. The molecule has 0 bridgehead atoms. The molecule has 1 N–H and O–H groups in total. The third-order valence-corrected chi connectivity index (χ3v) is 5.71. The quantitative estimate of drug-likeness (QED) is 0.469. The molecule has 1 aromatic carbocycles. The Morgan fingerprint density at radius 3 is 2.76 bits per heavy atom. The number of rotatable bonds is 7. The smallest absolute Gasteiger partial charge is 0.251 e. The fraction of sp³-hybridized carbons (Fsp3) is 0.292. The van der Waals surface area contributed by atoms with Gasteiger partial charge in [0.2, 0.25) is 0 Å². The van der Waals surface area contributed by atoms with E-state index >= 15 is 0 Å². The molecule has 1 aliphatic rings. The summed E-state index contributed by atoms with van der Waals surface area (Å²) in [5.74, 6) is 1.21. The van der Waals surface area contributed by atoms with Crippen molar-refractivity contribution in [2.75, 3.05) is 0 Å². The van der Waals surface area contributed by atoms with E-state index in [0.717, 1.165) is 34.8 Å². The van der Waals surface area contributed by atoms with Gasteiger partial charge in [0.1, 0.15) is 0 Å². The van der Waals surface area contributed by atoms with Crippen LogP contribution in [0.2, 0.25) is 0 Å². The molecule has 0 saturated heterocycles. The monoisotopic (exact) mass is 440 g/mol. The molecule has 1 atom stereocenters.